The fourth-order valence-electron chi connectivity index (χ4n) is 5.82. The van der Waals surface area contributed by atoms with E-state index in [4.69, 9.17) is 15.2 Å². The fourth-order valence-corrected chi connectivity index (χ4v) is 6.69. The van der Waals surface area contributed by atoms with Gasteiger partial charge in [0.05, 0.1) is 30.3 Å². The smallest absolute Gasteiger partial charge is 0.416 e. The molecule has 0 bridgehead atoms. The van der Waals surface area contributed by atoms with Crippen molar-refractivity contribution in [3.05, 3.63) is 111 Å². The molecule has 0 amide bonds. The molecule has 44 heavy (non-hydrogen) atoms. The molecule has 7 nitrogen and oxygen atoms in total. The molecule has 0 spiro atoms. The average Bonchev–Trinajstić information content (AvgIpc) is 3.52. The molecule has 3 aromatic rings. The lowest BCUT2D eigenvalue weighted by Gasteiger charge is -2.43. The van der Waals surface area contributed by atoms with Gasteiger partial charge in [-0.25, -0.2) is 9.18 Å². The van der Waals surface area contributed by atoms with Crippen molar-refractivity contribution in [1.82, 2.24) is 0 Å². The molecule has 230 valence electrons. The Morgan fingerprint density at radius 3 is 2.27 bits per heavy atom. The highest BCUT2D eigenvalue weighted by molar-refractivity contribution is 7.10. The number of rotatable bonds is 7. The number of carbonyl (C=O) groups excluding carboxylic acids is 3. The number of allylic oxidation sites excluding steroid dienone is 2. The first-order chi connectivity index (χ1) is 21.0. The molecule has 0 fully saturated rings. The number of Topliss-reactive ketones (excluding diaryl/α,β-unsaturated/α-hetero) is 1. The Kier molecular flexibility index (Phi) is 8.64. The van der Waals surface area contributed by atoms with Crippen LogP contribution in [0.25, 0.3) is 0 Å². The zero-order chi connectivity index (χ0) is 31.8. The molecule has 12 heteroatoms. The number of nitrogens with zero attached hydrogens (tertiary/aromatic N) is 1. The predicted octanol–water partition coefficient (Wildman–Crippen LogP) is 6.43. The van der Waals surface area contributed by atoms with E-state index in [-0.39, 0.29) is 53.5 Å². The lowest BCUT2D eigenvalue weighted by molar-refractivity contribution is -0.152. The van der Waals surface area contributed by atoms with Crippen LogP contribution in [0.1, 0.15) is 48.1 Å². The van der Waals surface area contributed by atoms with Crippen molar-refractivity contribution >= 4 is 34.7 Å². The summed E-state index contributed by atoms with van der Waals surface area (Å²) < 4.78 is 66.4. The first kappa shape index (κ1) is 31.0. The number of ether oxygens (including phenoxy) is 2. The van der Waals surface area contributed by atoms with Gasteiger partial charge in [-0.15, -0.1) is 11.3 Å². The summed E-state index contributed by atoms with van der Waals surface area (Å²) in [5.41, 5.74) is 5.70. The number of thiophene rings is 1. The Bertz CT molecular complexity index is 1650. The van der Waals surface area contributed by atoms with E-state index in [2.05, 4.69) is 0 Å². The third kappa shape index (κ3) is 5.49. The summed E-state index contributed by atoms with van der Waals surface area (Å²) in [4.78, 5) is 43.5. The second-order valence-electron chi connectivity index (χ2n) is 10.1. The standard InChI is InChI=1S/C32H28F4N2O5S/c1-3-42-30(40)25-20(23-10-7-15-44-23)16-22-26(28(25)39)24(19-8-5-6-9-21(19)33)27(31(41)43-4-2)29(37)38(22)18-13-11-17(12-14-18)32(34,35)36/h5-15,20,24-25H,3-4,16,37H2,1-2H3/t20-,24-,25-/m0/s1. The molecule has 2 heterocycles. The van der Waals surface area contributed by atoms with Crippen molar-refractivity contribution in [2.24, 2.45) is 11.7 Å². The Balaban J connectivity index is 1.82. The van der Waals surface area contributed by atoms with Gasteiger partial charge in [0.25, 0.3) is 0 Å². The Hall–Kier alpha value is -4.45. The zero-order valence-corrected chi connectivity index (χ0v) is 24.5. The number of anilines is 1. The van der Waals surface area contributed by atoms with Gasteiger partial charge in [0, 0.05) is 33.3 Å². The quantitative estimate of drug-likeness (QED) is 0.183. The van der Waals surface area contributed by atoms with Crippen LogP contribution in [0, 0.1) is 11.7 Å². The Morgan fingerprint density at radius 2 is 1.68 bits per heavy atom. The van der Waals surface area contributed by atoms with Gasteiger partial charge in [0.15, 0.2) is 5.78 Å². The van der Waals surface area contributed by atoms with Gasteiger partial charge in [-0.2, -0.15) is 13.2 Å². The molecule has 5 rings (SSSR count). The summed E-state index contributed by atoms with van der Waals surface area (Å²) in [6.07, 6.45) is -4.61. The molecule has 0 unspecified atom stereocenters. The summed E-state index contributed by atoms with van der Waals surface area (Å²) in [7, 11) is 0. The highest BCUT2D eigenvalue weighted by Gasteiger charge is 2.52. The van der Waals surface area contributed by atoms with E-state index in [0.29, 0.717) is 4.88 Å². The van der Waals surface area contributed by atoms with E-state index >= 15 is 4.39 Å². The van der Waals surface area contributed by atoms with Crippen molar-refractivity contribution in [2.75, 3.05) is 18.1 Å². The van der Waals surface area contributed by atoms with Crippen molar-refractivity contribution in [2.45, 2.75) is 38.3 Å². The highest BCUT2D eigenvalue weighted by atomic mass is 32.1. The topological polar surface area (TPSA) is 98.9 Å². The van der Waals surface area contributed by atoms with Crippen LogP contribution in [0.15, 0.2) is 88.7 Å². The van der Waals surface area contributed by atoms with Crippen molar-refractivity contribution in [1.29, 1.82) is 0 Å². The monoisotopic (exact) mass is 628 g/mol. The Labute approximate surface area is 254 Å². The van der Waals surface area contributed by atoms with Crippen molar-refractivity contribution in [3.8, 4) is 0 Å². The normalized spacial score (nSPS) is 20.5. The summed E-state index contributed by atoms with van der Waals surface area (Å²) in [6, 6.07) is 13.2. The molecule has 2 aliphatic rings. The van der Waals surface area contributed by atoms with Crippen LogP contribution < -0.4 is 10.6 Å². The summed E-state index contributed by atoms with van der Waals surface area (Å²) in [6.45, 7) is 3.09. The molecular weight excluding hydrogens is 600 g/mol. The minimum Gasteiger partial charge on any atom is -0.465 e. The summed E-state index contributed by atoms with van der Waals surface area (Å²) in [5, 5.41) is 1.79. The molecule has 1 aromatic heterocycles. The summed E-state index contributed by atoms with van der Waals surface area (Å²) in [5.74, 6) is -6.83. The van der Waals surface area contributed by atoms with Gasteiger partial charge in [-0.1, -0.05) is 24.3 Å². The van der Waals surface area contributed by atoms with Gasteiger partial charge < -0.3 is 15.2 Å². The minimum atomic E-state index is -4.61. The number of hydrogen-bond donors (Lipinski definition) is 1. The number of halogens is 4. The van der Waals surface area contributed by atoms with Crippen LogP contribution in [0.4, 0.5) is 23.2 Å². The van der Waals surface area contributed by atoms with E-state index < -0.39 is 53.0 Å². The van der Waals surface area contributed by atoms with Crippen LogP contribution in [0.3, 0.4) is 0 Å². The predicted molar refractivity (Wildman–Crippen MR) is 155 cm³/mol. The van der Waals surface area contributed by atoms with E-state index in [1.165, 1.54) is 52.6 Å². The SMILES string of the molecule is CCOC(=O)C1=C(N)N(c2ccc(C(F)(F)F)cc2)C2=C(C(=O)[C@@H](C(=O)OCC)[C@H](c3cccs3)C2)[C@@H]1c1ccccc1F. The largest absolute Gasteiger partial charge is 0.465 e. The van der Waals surface area contributed by atoms with Gasteiger partial charge in [-0.05, 0) is 62.0 Å². The molecule has 0 saturated carbocycles. The number of alkyl halides is 3. The van der Waals surface area contributed by atoms with E-state index in [9.17, 15) is 27.6 Å². The molecule has 0 radical (unpaired) electrons. The fraction of sp³-hybridized carbons (Fsp3) is 0.281. The average molecular weight is 629 g/mol. The molecule has 1 aliphatic heterocycles. The number of ketones is 1. The van der Waals surface area contributed by atoms with Crippen molar-refractivity contribution in [3.63, 3.8) is 0 Å². The molecular formula is C32H28F4N2O5S. The highest BCUT2D eigenvalue weighted by Crippen LogP contribution is 2.52. The van der Waals surface area contributed by atoms with Gasteiger partial charge >= 0.3 is 18.1 Å². The van der Waals surface area contributed by atoms with Crippen LogP contribution in [0.2, 0.25) is 0 Å². The van der Waals surface area contributed by atoms with Crippen LogP contribution >= 0.6 is 11.3 Å². The molecule has 1 aliphatic carbocycles. The van der Waals surface area contributed by atoms with Crippen molar-refractivity contribution < 1.29 is 41.4 Å². The molecule has 2 aromatic carbocycles. The molecule has 0 saturated heterocycles. The molecule has 2 N–H and O–H groups in total. The van der Waals surface area contributed by atoms with E-state index in [1.807, 2.05) is 0 Å². The maximum absolute atomic E-state index is 15.5. The number of carbonyl (C=O) groups is 3. The van der Waals surface area contributed by atoms with Gasteiger partial charge in [-0.3, -0.25) is 14.5 Å². The number of esters is 2. The van der Waals surface area contributed by atoms with E-state index in [1.54, 1.807) is 31.4 Å². The first-order valence-electron chi connectivity index (χ1n) is 13.8. The minimum absolute atomic E-state index is 0.00102. The lowest BCUT2D eigenvalue weighted by atomic mass is 9.68. The second kappa shape index (κ2) is 12.3. The maximum atomic E-state index is 15.5. The van der Waals surface area contributed by atoms with Gasteiger partial charge in [0.1, 0.15) is 17.6 Å². The second-order valence-corrected chi connectivity index (χ2v) is 11.1. The van der Waals surface area contributed by atoms with Crippen LogP contribution in [0.5, 0.6) is 0 Å². The number of hydrogen-bond acceptors (Lipinski definition) is 8. The van der Waals surface area contributed by atoms with E-state index in [0.717, 1.165) is 12.1 Å². The lowest BCUT2D eigenvalue weighted by Crippen LogP contribution is -2.46. The first-order valence-corrected chi connectivity index (χ1v) is 14.7. The third-order valence-electron chi connectivity index (χ3n) is 7.65. The van der Waals surface area contributed by atoms with Crippen LogP contribution in [-0.2, 0) is 30.0 Å². The number of nitrogens with two attached hydrogens (primary N) is 1. The van der Waals surface area contributed by atoms with Gasteiger partial charge in [0.2, 0.25) is 0 Å². The maximum Gasteiger partial charge on any atom is 0.416 e. The zero-order valence-electron chi connectivity index (χ0n) is 23.7. The number of benzene rings is 2. The summed E-state index contributed by atoms with van der Waals surface area (Å²) >= 11 is 1.32. The Morgan fingerprint density at radius 1 is 1.00 bits per heavy atom. The molecule has 3 atom stereocenters. The third-order valence-corrected chi connectivity index (χ3v) is 8.66. The van der Waals surface area contributed by atoms with Crippen LogP contribution in [-0.4, -0.2) is 30.9 Å².